The van der Waals surface area contributed by atoms with E-state index in [4.69, 9.17) is 11.5 Å². The third-order valence-corrected chi connectivity index (χ3v) is 2.95. The summed E-state index contributed by atoms with van der Waals surface area (Å²) in [6.45, 7) is 0. The van der Waals surface area contributed by atoms with Crippen LogP contribution in [-0.2, 0) is 0 Å². The van der Waals surface area contributed by atoms with E-state index >= 15 is 0 Å². The molecule has 3 rings (SSSR count). The minimum absolute atomic E-state index is 0.732. The summed E-state index contributed by atoms with van der Waals surface area (Å²) >= 11 is 0. The molecule has 0 spiro atoms. The van der Waals surface area contributed by atoms with Gasteiger partial charge in [-0.25, -0.2) is 0 Å². The van der Waals surface area contributed by atoms with Crippen LogP contribution < -0.4 is 11.5 Å². The van der Waals surface area contributed by atoms with E-state index in [1.807, 2.05) is 48.7 Å². The summed E-state index contributed by atoms with van der Waals surface area (Å²) in [6, 6.07) is 15.6. The van der Waals surface area contributed by atoms with Crippen molar-refractivity contribution in [2.75, 3.05) is 11.5 Å². The molecule has 3 nitrogen and oxygen atoms in total. The van der Waals surface area contributed by atoms with Gasteiger partial charge in [-0.1, -0.05) is 18.2 Å². The zero-order chi connectivity index (χ0) is 12.5. The van der Waals surface area contributed by atoms with E-state index in [2.05, 4.69) is 11.1 Å². The molecule has 0 aliphatic rings. The molecule has 0 aliphatic heterocycles. The Kier molecular flexibility index (Phi) is 2.38. The Labute approximate surface area is 105 Å². The number of fused-ring (bicyclic) bond motifs is 1. The van der Waals surface area contributed by atoms with Gasteiger partial charge in [0, 0.05) is 28.5 Å². The smallest absolute Gasteiger partial charge is 0.0722 e. The Morgan fingerprint density at radius 2 is 1.44 bits per heavy atom. The zero-order valence-electron chi connectivity index (χ0n) is 9.80. The highest BCUT2D eigenvalue weighted by molar-refractivity contribution is 5.85. The molecule has 2 aromatic carbocycles. The summed E-state index contributed by atoms with van der Waals surface area (Å²) in [5.41, 5.74) is 16.0. The molecule has 0 atom stereocenters. The topological polar surface area (TPSA) is 64.9 Å². The standard InChI is InChI=1S/C15H13N3/c16-13-4-1-10(2-5-13)12-7-11-3-6-14(17)8-15(11)18-9-12/h1-9H,16-17H2. The maximum atomic E-state index is 5.74. The van der Waals surface area contributed by atoms with Crippen LogP contribution in [0.2, 0.25) is 0 Å². The van der Waals surface area contributed by atoms with Crippen LogP contribution in [0.5, 0.6) is 0 Å². The fraction of sp³-hybridized carbons (Fsp3) is 0. The molecule has 18 heavy (non-hydrogen) atoms. The molecule has 0 radical (unpaired) electrons. The molecule has 0 unspecified atom stereocenters. The van der Waals surface area contributed by atoms with Crippen LogP contribution in [0, 0.1) is 0 Å². The molecular weight excluding hydrogens is 222 g/mol. The van der Waals surface area contributed by atoms with Crippen LogP contribution in [0.4, 0.5) is 11.4 Å². The Balaban J connectivity index is 2.13. The predicted octanol–water partition coefficient (Wildman–Crippen LogP) is 3.07. The maximum absolute atomic E-state index is 5.74. The second-order valence-electron chi connectivity index (χ2n) is 4.30. The van der Waals surface area contributed by atoms with E-state index in [0.717, 1.165) is 33.4 Å². The first-order valence-electron chi connectivity index (χ1n) is 5.73. The lowest BCUT2D eigenvalue weighted by atomic mass is 10.0. The highest BCUT2D eigenvalue weighted by atomic mass is 14.7. The van der Waals surface area contributed by atoms with E-state index in [1.165, 1.54) is 0 Å². The van der Waals surface area contributed by atoms with Crippen LogP contribution in [0.3, 0.4) is 0 Å². The van der Waals surface area contributed by atoms with Crippen molar-refractivity contribution in [3.05, 3.63) is 54.7 Å². The average Bonchev–Trinajstić information content (AvgIpc) is 2.39. The summed E-state index contributed by atoms with van der Waals surface area (Å²) < 4.78 is 0. The number of benzene rings is 2. The third kappa shape index (κ3) is 1.86. The molecule has 0 bridgehead atoms. The fourth-order valence-corrected chi connectivity index (χ4v) is 1.97. The lowest BCUT2D eigenvalue weighted by Crippen LogP contribution is -1.88. The van der Waals surface area contributed by atoms with E-state index in [0.29, 0.717) is 0 Å². The SMILES string of the molecule is Nc1ccc(-c2cnc3cc(N)ccc3c2)cc1. The first kappa shape index (κ1) is 10.6. The van der Waals surface area contributed by atoms with Gasteiger partial charge in [0.1, 0.15) is 0 Å². The Hall–Kier alpha value is -2.55. The molecule has 1 heterocycles. The lowest BCUT2D eigenvalue weighted by Gasteiger charge is -2.04. The van der Waals surface area contributed by atoms with Crippen molar-refractivity contribution in [1.29, 1.82) is 0 Å². The van der Waals surface area contributed by atoms with E-state index < -0.39 is 0 Å². The molecule has 4 N–H and O–H groups in total. The van der Waals surface area contributed by atoms with Gasteiger partial charge in [0.05, 0.1) is 5.52 Å². The van der Waals surface area contributed by atoms with Crippen LogP contribution in [-0.4, -0.2) is 4.98 Å². The lowest BCUT2D eigenvalue weighted by molar-refractivity contribution is 1.41. The number of hydrogen-bond donors (Lipinski definition) is 2. The first-order chi connectivity index (χ1) is 8.72. The monoisotopic (exact) mass is 235 g/mol. The Morgan fingerprint density at radius 3 is 2.22 bits per heavy atom. The van der Waals surface area contributed by atoms with Gasteiger partial charge in [-0.05, 0) is 35.9 Å². The minimum atomic E-state index is 0.732. The number of hydrogen-bond acceptors (Lipinski definition) is 3. The summed E-state index contributed by atoms with van der Waals surface area (Å²) in [6.07, 6.45) is 1.85. The van der Waals surface area contributed by atoms with Gasteiger partial charge in [-0.15, -0.1) is 0 Å². The van der Waals surface area contributed by atoms with Crippen molar-refractivity contribution in [3.63, 3.8) is 0 Å². The fourth-order valence-electron chi connectivity index (χ4n) is 1.97. The molecule has 0 fully saturated rings. The van der Waals surface area contributed by atoms with Crippen molar-refractivity contribution < 1.29 is 0 Å². The number of nitrogens with zero attached hydrogens (tertiary/aromatic N) is 1. The summed E-state index contributed by atoms with van der Waals surface area (Å²) in [5.74, 6) is 0. The number of aromatic nitrogens is 1. The number of rotatable bonds is 1. The Bertz CT molecular complexity index is 703. The molecule has 0 saturated carbocycles. The Morgan fingerprint density at radius 1 is 0.722 bits per heavy atom. The number of nitrogens with two attached hydrogens (primary N) is 2. The average molecular weight is 235 g/mol. The molecule has 88 valence electrons. The summed E-state index contributed by atoms with van der Waals surface area (Å²) in [5, 5.41) is 1.08. The molecule has 3 heteroatoms. The molecule has 0 saturated heterocycles. The van der Waals surface area contributed by atoms with Gasteiger partial charge in [0.25, 0.3) is 0 Å². The van der Waals surface area contributed by atoms with Gasteiger partial charge >= 0.3 is 0 Å². The molecule has 0 amide bonds. The van der Waals surface area contributed by atoms with E-state index in [1.54, 1.807) is 0 Å². The predicted molar refractivity (Wildman–Crippen MR) is 76.0 cm³/mol. The first-order valence-corrected chi connectivity index (χ1v) is 5.73. The van der Waals surface area contributed by atoms with Crippen molar-refractivity contribution in [1.82, 2.24) is 4.98 Å². The van der Waals surface area contributed by atoms with Crippen LogP contribution in [0.15, 0.2) is 54.7 Å². The molecule has 0 aliphatic carbocycles. The highest BCUT2D eigenvalue weighted by Gasteiger charge is 2.01. The molecule has 3 aromatic rings. The normalized spacial score (nSPS) is 10.7. The van der Waals surface area contributed by atoms with Crippen molar-refractivity contribution in [3.8, 4) is 11.1 Å². The van der Waals surface area contributed by atoms with E-state index in [-0.39, 0.29) is 0 Å². The van der Waals surface area contributed by atoms with Gasteiger partial charge in [-0.2, -0.15) is 0 Å². The van der Waals surface area contributed by atoms with E-state index in [9.17, 15) is 0 Å². The second-order valence-corrected chi connectivity index (χ2v) is 4.30. The largest absolute Gasteiger partial charge is 0.399 e. The zero-order valence-corrected chi connectivity index (χ0v) is 9.80. The quantitative estimate of drug-likeness (QED) is 0.637. The van der Waals surface area contributed by atoms with Crippen molar-refractivity contribution in [2.45, 2.75) is 0 Å². The third-order valence-electron chi connectivity index (χ3n) is 2.95. The van der Waals surface area contributed by atoms with Gasteiger partial charge in [-0.3, -0.25) is 4.98 Å². The van der Waals surface area contributed by atoms with Gasteiger partial charge in [0.15, 0.2) is 0 Å². The number of nitrogen functional groups attached to an aromatic ring is 2. The number of anilines is 2. The second kappa shape index (κ2) is 4.04. The summed E-state index contributed by atoms with van der Waals surface area (Å²) in [4.78, 5) is 4.43. The van der Waals surface area contributed by atoms with Crippen LogP contribution >= 0.6 is 0 Å². The number of pyridine rings is 1. The van der Waals surface area contributed by atoms with Crippen molar-refractivity contribution in [2.24, 2.45) is 0 Å². The van der Waals surface area contributed by atoms with Gasteiger partial charge < -0.3 is 11.5 Å². The molecule has 1 aromatic heterocycles. The van der Waals surface area contributed by atoms with Gasteiger partial charge in [0.2, 0.25) is 0 Å². The van der Waals surface area contributed by atoms with Crippen LogP contribution in [0.25, 0.3) is 22.0 Å². The minimum Gasteiger partial charge on any atom is -0.399 e. The highest BCUT2D eigenvalue weighted by Crippen LogP contribution is 2.24. The maximum Gasteiger partial charge on any atom is 0.0722 e. The van der Waals surface area contributed by atoms with Crippen LogP contribution in [0.1, 0.15) is 0 Å². The molecular formula is C15H13N3. The van der Waals surface area contributed by atoms with Crippen molar-refractivity contribution >= 4 is 22.3 Å². The summed E-state index contributed by atoms with van der Waals surface area (Å²) in [7, 11) is 0.